The number of anilines is 1. The van der Waals surface area contributed by atoms with Crippen LogP contribution in [0.1, 0.15) is 24.2 Å². The summed E-state index contributed by atoms with van der Waals surface area (Å²) in [5.41, 5.74) is 1.08. The highest BCUT2D eigenvalue weighted by molar-refractivity contribution is 7.22. The minimum atomic E-state index is -0.238. The van der Waals surface area contributed by atoms with Crippen molar-refractivity contribution in [2.75, 3.05) is 45.3 Å². The Bertz CT molecular complexity index is 1030. The van der Waals surface area contributed by atoms with E-state index < -0.39 is 0 Å². The highest BCUT2D eigenvalue weighted by atomic mass is 35.5. The SMILES string of the molecule is CCN(CC)CCN(C(=O)c1cc(Cl)ccc1Cl)c1nc2cc(OC)c(OC)cc2s1. The van der Waals surface area contributed by atoms with E-state index in [-0.39, 0.29) is 5.91 Å². The van der Waals surface area contributed by atoms with Gasteiger partial charge in [0.2, 0.25) is 0 Å². The summed E-state index contributed by atoms with van der Waals surface area (Å²) in [6.45, 7) is 7.16. The molecule has 0 bridgehead atoms. The second-order valence-corrected chi connectivity index (χ2v) is 8.63. The van der Waals surface area contributed by atoms with Gasteiger partial charge in [-0.15, -0.1) is 0 Å². The number of ether oxygens (including phenoxy) is 2. The first kappa shape index (κ1) is 23.6. The number of amides is 1. The average Bonchev–Trinajstić information content (AvgIpc) is 3.19. The number of methoxy groups -OCH3 is 2. The third-order valence-electron chi connectivity index (χ3n) is 5.05. The van der Waals surface area contributed by atoms with Crippen LogP contribution in [0.5, 0.6) is 11.5 Å². The molecule has 2 aromatic carbocycles. The van der Waals surface area contributed by atoms with Gasteiger partial charge in [-0.2, -0.15) is 0 Å². The van der Waals surface area contributed by atoms with E-state index in [4.69, 9.17) is 37.7 Å². The third kappa shape index (κ3) is 5.23. The second-order valence-electron chi connectivity index (χ2n) is 6.78. The number of thiazole rings is 1. The lowest BCUT2D eigenvalue weighted by molar-refractivity contribution is 0.0984. The van der Waals surface area contributed by atoms with Gasteiger partial charge in [-0.1, -0.05) is 48.4 Å². The molecule has 9 heteroatoms. The van der Waals surface area contributed by atoms with Crippen molar-refractivity contribution in [3.05, 3.63) is 45.9 Å². The number of benzene rings is 2. The van der Waals surface area contributed by atoms with Gasteiger partial charge in [0, 0.05) is 30.2 Å². The Balaban J connectivity index is 2.04. The molecule has 0 unspecified atom stereocenters. The van der Waals surface area contributed by atoms with Crippen LogP contribution >= 0.6 is 34.5 Å². The maximum Gasteiger partial charge on any atom is 0.261 e. The van der Waals surface area contributed by atoms with E-state index in [0.717, 1.165) is 23.3 Å². The number of hydrogen-bond donors (Lipinski definition) is 0. The van der Waals surface area contributed by atoms with Crippen molar-refractivity contribution < 1.29 is 14.3 Å². The monoisotopic (exact) mass is 481 g/mol. The predicted octanol–water partition coefficient (Wildman–Crippen LogP) is 5.61. The highest BCUT2D eigenvalue weighted by Gasteiger charge is 2.24. The van der Waals surface area contributed by atoms with Crippen molar-refractivity contribution in [2.24, 2.45) is 0 Å². The van der Waals surface area contributed by atoms with Gasteiger partial charge in [0.25, 0.3) is 5.91 Å². The van der Waals surface area contributed by atoms with Gasteiger partial charge in [-0.25, -0.2) is 4.98 Å². The van der Waals surface area contributed by atoms with Crippen LogP contribution in [-0.2, 0) is 0 Å². The van der Waals surface area contributed by atoms with Gasteiger partial charge in [-0.3, -0.25) is 9.69 Å². The van der Waals surface area contributed by atoms with E-state index in [1.807, 2.05) is 12.1 Å². The fourth-order valence-corrected chi connectivity index (χ4v) is 4.60. The van der Waals surface area contributed by atoms with E-state index >= 15 is 0 Å². The van der Waals surface area contributed by atoms with Gasteiger partial charge in [0.1, 0.15) is 0 Å². The summed E-state index contributed by atoms with van der Waals surface area (Å²) in [6.07, 6.45) is 0. The molecule has 6 nitrogen and oxygen atoms in total. The molecule has 0 aliphatic carbocycles. The quantitative estimate of drug-likeness (QED) is 0.397. The average molecular weight is 482 g/mol. The molecule has 0 radical (unpaired) electrons. The Labute approximate surface area is 196 Å². The highest BCUT2D eigenvalue weighted by Crippen LogP contribution is 2.38. The first-order valence-corrected chi connectivity index (χ1v) is 11.5. The molecule has 0 N–H and O–H groups in total. The van der Waals surface area contributed by atoms with Crippen molar-refractivity contribution in [1.82, 2.24) is 9.88 Å². The molecular formula is C22H25Cl2N3O3S. The summed E-state index contributed by atoms with van der Waals surface area (Å²) in [6, 6.07) is 8.57. The zero-order valence-corrected chi connectivity index (χ0v) is 20.3. The number of aromatic nitrogens is 1. The van der Waals surface area contributed by atoms with E-state index in [0.29, 0.717) is 45.3 Å². The molecule has 0 saturated heterocycles. The van der Waals surface area contributed by atoms with Crippen molar-refractivity contribution >= 4 is 55.8 Å². The second kappa shape index (κ2) is 10.5. The minimum absolute atomic E-state index is 0.238. The van der Waals surface area contributed by atoms with Crippen molar-refractivity contribution in [2.45, 2.75) is 13.8 Å². The van der Waals surface area contributed by atoms with Crippen LogP contribution in [0.4, 0.5) is 5.13 Å². The summed E-state index contributed by atoms with van der Waals surface area (Å²) in [7, 11) is 3.17. The normalized spacial score (nSPS) is 11.2. The van der Waals surface area contributed by atoms with Crippen LogP contribution in [0.3, 0.4) is 0 Å². The van der Waals surface area contributed by atoms with E-state index in [1.165, 1.54) is 11.3 Å². The molecule has 1 aromatic heterocycles. The fourth-order valence-electron chi connectivity index (χ4n) is 3.23. The van der Waals surface area contributed by atoms with Crippen LogP contribution in [0.25, 0.3) is 10.2 Å². The van der Waals surface area contributed by atoms with E-state index in [1.54, 1.807) is 37.3 Å². The topological polar surface area (TPSA) is 54.9 Å². The molecule has 0 atom stereocenters. The van der Waals surface area contributed by atoms with Crippen LogP contribution < -0.4 is 14.4 Å². The lowest BCUT2D eigenvalue weighted by Gasteiger charge is -2.25. The Morgan fingerprint density at radius 1 is 1.03 bits per heavy atom. The Hall–Kier alpha value is -2.06. The van der Waals surface area contributed by atoms with Crippen LogP contribution in [0.2, 0.25) is 10.0 Å². The number of fused-ring (bicyclic) bond motifs is 1. The molecule has 1 heterocycles. The maximum absolute atomic E-state index is 13.5. The Morgan fingerprint density at radius 2 is 1.71 bits per heavy atom. The largest absolute Gasteiger partial charge is 0.493 e. The zero-order valence-electron chi connectivity index (χ0n) is 17.9. The van der Waals surface area contributed by atoms with Crippen molar-refractivity contribution in [3.8, 4) is 11.5 Å². The molecule has 0 spiro atoms. The molecule has 31 heavy (non-hydrogen) atoms. The van der Waals surface area contributed by atoms with Gasteiger partial charge in [0.15, 0.2) is 16.6 Å². The molecular weight excluding hydrogens is 457 g/mol. The Morgan fingerprint density at radius 3 is 2.35 bits per heavy atom. The van der Waals surface area contributed by atoms with Crippen LogP contribution in [-0.4, -0.2) is 56.2 Å². The summed E-state index contributed by atoms with van der Waals surface area (Å²) in [4.78, 5) is 22.1. The number of halogens is 2. The van der Waals surface area contributed by atoms with Crippen LogP contribution in [0, 0.1) is 0 Å². The minimum Gasteiger partial charge on any atom is -0.493 e. The third-order valence-corrected chi connectivity index (χ3v) is 6.66. The first-order chi connectivity index (χ1) is 14.9. The van der Waals surface area contributed by atoms with E-state index in [2.05, 4.69) is 18.7 Å². The van der Waals surface area contributed by atoms with E-state index in [9.17, 15) is 4.79 Å². The summed E-state index contributed by atoms with van der Waals surface area (Å²) >= 11 is 13.9. The number of hydrogen-bond acceptors (Lipinski definition) is 6. The number of rotatable bonds is 9. The molecule has 166 valence electrons. The van der Waals surface area contributed by atoms with Crippen molar-refractivity contribution in [1.29, 1.82) is 0 Å². The summed E-state index contributed by atoms with van der Waals surface area (Å²) in [5, 5.41) is 1.39. The number of likely N-dealkylation sites (N-methyl/N-ethyl adjacent to an activating group) is 1. The number of nitrogens with zero attached hydrogens (tertiary/aromatic N) is 3. The molecule has 3 rings (SSSR count). The van der Waals surface area contributed by atoms with Gasteiger partial charge in [0.05, 0.1) is 35.0 Å². The molecule has 0 aliphatic heterocycles. The van der Waals surface area contributed by atoms with Gasteiger partial charge < -0.3 is 14.4 Å². The standard InChI is InChI=1S/C22H25Cl2N3O3S/c1-5-26(6-2)9-10-27(21(28)15-11-14(23)7-8-16(15)24)22-25-17-12-18(29-3)19(30-4)13-20(17)31-22/h7-8,11-13H,5-6,9-10H2,1-4H3. The van der Waals surface area contributed by atoms with Crippen LogP contribution in [0.15, 0.2) is 30.3 Å². The molecule has 3 aromatic rings. The lowest BCUT2D eigenvalue weighted by atomic mass is 10.2. The predicted molar refractivity (Wildman–Crippen MR) is 129 cm³/mol. The molecule has 1 amide bonds. The number of carbonyl (C=O) groups is 1. The molecule has 0 saturated carbocycles. The zero-order chi connectivity index (χ0) is 22.5. The van der Waals surface area contributed by atoms with Gasteiger partial charge >= 0.3 is 0 Å². The number of carbonyl (C=O) groups excluding carboxylic acids is 1. The first-order valence-electron chi connectivity index (χ1n) is 9.93. The smallest absolute Gasteiger partial charge is 0.261 e. The molecule has 0 aliphatic rings. The Kier molecular flexibility index (Phi) is 8.00. The lowest BCUT2D eigenvalue weighted by Crippen LogP contribution is -2.39. The van der Waals surface area contributed by atoms with Crippen molar-refractivity contribution in [3.63, 3.8) is 0 Å². The summed E-state index contributed by atoms with van der Waals surface area (Å²) < 4.78 is 11.7. The maximum atomic E-state index is 13.5. The summed E-state index contributed by atoms with van der Waals surface area (Å²) in [5.74, 6) is 0.965. The fraction of sp³-hybridized carbons (Fsp3) is 0.364. The molecule has 0 fully saturated rings. The van der Waals surface area contributed by atoms with Gasteiger partial charge in [-0.05, 0) is 31.3 Å².